The molecule has 0 aliphatic carbocycles. The minimum Gasteiger partial charge on any atom is -0.309 e. The fourth-order valence-corrected chi connectivity index (χ4v) is 10.0. The van der Waals surface area contributed by atoms with E-state index < -0.39 is 0 Å². The Morgan fingerprint density at radius 2 is 0.912 bits per heavy atom. The van der Waals surface area contributed by atoms with Gasteiger partial charge in [-0.1, -0.05) is 146 Å². The van der Waals surface area contributed by atoms with E-state index in [1.807, 2.05) is 47.7 Å². The molecule has 0 unspecified atom stereocenters. The van der Waals surface area contributed by atoms with Gasteiger partial charge >= 0.3 is 0 Å². The van der Waals surface area contributed by atoms with Gasteiger partial charge in [0.25, 0.3) is 0 Å². The lowest BCUT2D eigenvalue weighted by atomic mass is 10.0. The van der Waals surface area contributed by atoms with Crippen molar-refractivity contribution in [1.29, 1.82) is 0 Å². The summed E-state index contributed by atoms with van der Waals surface area (Å²) in [5.41, 5.74) is 9.84. The Morgan fingerprint density at radius 3 is 1.58 bits per heavy atom. The van der Waals surface area contributed by atoms with Crippen LogP contribution in [0.5, 0.6) is 0 Å². The highest BCUT2D eigenvalue weighted by Gasteiger charge is 2.24. The number of hydrogen-bond acceptors (Lipinski definition) is 4. The number of hydrogen-bond donors (Lipinski definition) is 0. The van der Waals surface area contributed by atoms with Crippen molar-refractivity contribution < 1.29 is 0 Å². The van der Waals surface area contributed by atoms with E-state index in [0.717, 1.165) is 38.7 Å². The average Bonchev–Trinajstić information content (AvgIpc) is 3.95. The minimum absolute atomic E-state index is 0.644. The van der Waals surface area contributed by atoms with E-state index in [1.165, 1.54) is 53.2 Å². The highest BCUT2D eigenvalue weighted by Crippen LogP contribution is 2.47. The molecule has 8 aromatic carbocycles. The van der Waals surface area contributed by atoms with Gasteiger partial charge in [0.1, 0.15) is 0 Å². The molecule has 4 heterocycles. The normalized spacial score (nSPS) is 11.9. The highest BCUT2D eigenvalue weighted by molar-refractivity contribution is 7.26. The van der Waals surface area contributed by atoms with E-state index in [9.17, 15) is 0 Å². The zero-order valence-electron chi connectivity index (χ0n) is 30.5. The maximum Gasteiger partial charge on any atom is 0.164 e. The molecular formula is C51H31N5S. The van der Waals surface area contributed by atoms with Gasteiger partial charge in [-0.3, -0.25) is 0 Å². The van der Waals surface area contributed by atoms with Crippen molar-refractivity contribution >= 4 is 75.1 Å². The fourth-order valence-electron chi connectivity index (χ4n) is 8.74. The predicted molar refractivity (Wildman–Crippen MR) is 238 cm³/mol. The van der Waals surface area contributed by atoms with Gasteiger partial charge in [-0.2, -0.15) is 0 Å². The van der Waals surface area contributed by atoms with Gasteiger partial charge in [-0.15, -0.1) is 11.3 Å². The maximum absolute atomic E-state index is 5.19. The third kappa shape index (κ3) is 4.84. The smallest absolute Gasteiger partial charge is 0.164 e. The van der Waals surface area contributed by atoms with Gasteiger partial charge in [0.2, 0.25) is 0 Å². The molecule has 0 aliphatic heterocycles. The maximum atomic E-state index is 5.19. The third-order valence-corrected chi connectivity index (χ3v) is 12.3. The van der Waals surface area contributed by atoms with Crippen molar-refractivity contribution in [2.24, 2.45) is 0 Å². The standard InChI is InChI=1S/C51H31N5S/c1-4-16-32(17-5-1)49-52-50(33-18-6-2-7-19-33)54-51(53-49)39-24-14-27-42-45(39)37-30-31-38-46-43(56-40-25-12-10-22-35(40)36-23-11-13-26-41(36)56)28-15-29-44(46)57-48(38)47(37)55(42)34-20-8-3-9-21-34/h1-31H. The fraction of sp³-hybridized carbons (Fsp3) is 0. The van der Waals surface area contributed by atoms with Crippen LogP contribution in [0.1, 0.15) is 0 Å². The lowest BCUT2D eigenvalue weighted by Gasteiger charge is -2.10. The summed E-state index contributed by atoms with van der Waals surface area (Å²) < 4.78 is 7.37. The second kappa shape index (κ2) is 12.6. The molecule has 0 amide bonds. The Hall–Kier alpha value is -7.41. The number of aromatic nitrogens is 5. The molecule has 0 radical (unpaired) electrons. The third-order valence-electron chi connectivity index (χ3n) is 11.2. The van der Waals surface area contributed by atoms with E-state index in [2.05, 4.69) is 161 Å². The molecule has 5 nitrogen and oxygen atoms in total. The molecule has 57 heavy (non-hydrogen) atoms. The second-order valence-electron chi connectivity index (χ2n) is 14.4. The van der Waals surface area contributed by atoms with Crippen LogP contribution in [0.15, 0.2) is 188 Å². The van der Waals surface area contributed by atoms with E-state index in [0.29, 0.717) is 17.5 Å². The Balaban J connectivity index is 1.18. The topological polar surface area (TPSA) is 48.5 Å². The summed E-state index contributed by atoms with van der Waals surface area (Å²) in [7, 11) is 0. The highest BCUT2D eigenvalue weighted by atomic mass is 32.1. The van der Waals surface area contributed by atoms with Crippen LogP contribution in [0, 0.1) is 0 Å². The lowest BCUT2D eigenvalue weighted by Crippen LogP contribution is -2.00. The minimum atomic E-state index is 0.644. The molecule has 0 saturated heterocycles. The van der Waals surface area contributed by atoms with Crippen LogP contribution in [-0.2, 0) is 0 Å². The van der Waals surface area contributed by atoms with E-state index in [-0.39, 0.29) is 0 Å². The molecule has 266 valence electrons. The zero-order chi connectivity index (χ0) is 37.5. The van der Waals surface area contributed by atoms with Crippen LogP contribution >= 0.6 is 11.3 Å². The molecule has 12 aromatic rings. The second-order valence-corrected chi connectivity index (χ2v) is 15.4. The van der Waals surface area contributed by atoms with Crippen molar-refractivity contribution in [2.75, 3.05) is 0 Å². The molecule has 0 aliphatic rings. The van der Waals surface area contributed by atoms with Gasteiger partial charge in [0, 0.05) is 59.4 Å². The molecule has 12 rings (SSSR count). The number of para-hydroxylation sites is 3. The van der Waals surface area contributed by atoms with Crippen LogP contribution < -0.4 is 0 Å². The summed E-state index contributed by atoms with van der Waals surface area (Å²) in [5.74, 6) is 1.94. The first kappa shape index (κ1) is 31.9. The van der Waals surface area contributed by atoms with Crippen molar-refractivity contribution in [2.45, 2.75) is 0 Å². The number of thiophene rings is 1. The summed E-state index contributed by atoms with van der Waals surface area (Å²) in [6.07, 6.45) is 0. The van der Waals surface area contributed by atoms with Crippen LogP contribution in [0.3, 0.4) is 0 Å². The first-order valence-corrected chi connectivity index (χ1v) is 19.9. The van der Waals surface area contributed by atoms with Crippen molar-refractivity contribution in [3.63, 3.8) is 0 Å². The monoisotopic (exact) mass is 745 g/mol. The Morgan fingerprint density at radius 1 is 0.368 bits per heavy atom. The van der Waals surface area contributed by atoms with Crippen LogP contribution in [0.4, 0.5) is 0 Å². The Bertz CT molecular complexity index is 3400. The summed E-state index contributed by atoms with van der Waals surface area (Å²) in [6.45, 7) is 0. The number of benzene rings is 8. The molecular weight excluding hydrogens is 715 g/mol. The van der Waals surface area contributed by atoms with Gasteiger partial charge in [0.05, 0.1) is 32.5 Å². The van der Waals surface area contributed by atoms with Crippen LogP contribution in [-0.4, -0.2) is 24.1 Å². The average molecular weight is 746 g/mol. The van der Waals surface area contributed by atoms with E-state index >= 15 is 0 Å². The van der Waals surface area contributed by atoms with Crippen LogP contribution in [0.25, 0.3) is 109 Å². The quantitative estimate of drug-likeness (QED) is 0.176. The van der Waals surface area contributed by atoms with Gasteiger partial charge in [-0.25, -0.2) is 15.0 Å². The van der Waals surface area contributed by atoms with Gasteiger partial charge in [0.15, 0.2) is 17.5 Å². The Kier molecular flexibility index (Phi) is 7.03. The number of rotatable bonds is 5. The first-order chi connectivity index (χ1) is 28.3. The molecule has 0 spiro atoms. The van der Waals surface area contributed by atoms with Crippen molar-refractivity contribution in [3.05, 3.63) is 188 Å². The summed E-state index contributed by atoms with van der Waals surface area (Å²) in [4.78, 5) is 15.4. The molecule has 0 bridgehead atoms. The first-order valence-electron chi connectivity index (χ1n) is 19.1. The van der Waals surface area contributed by atoms with Gasteiger partial charge in [-0.05, 0) is 42.5 Å². The molecule has 0 fully saturated rings. The summed E-state index contributed by atoms with van der Waals surface area (Å²) in [5, 5.41) is 7.28. The van der Waals surface area contributed by atoms with Gasteiger partial charge < -0.3 is 9.13 Å². The van der Waals surface area contributed by atoms with Crippen molar-refractivity contribution in [3.8, 4) is 45.5 Å². The summed E-state index contributed by atoms with van der Waals surface area (Å²) in [6, 6.07) is 66.5. The zero-order valence-corrected chi connectivity index (χ0v) is 31.4. The summed E-state index contributed by atoms with van der Waals surface area (Å²) >= 11 is 1.86. The molecule has 4 aromatic heterocycles. The SMILES string of the molecule is c1ccc(-c2nc(-c3ccccc3)nc(-c3cccc4c3c3ccc5c(sc6cccc(-n7c8ccccc8c8ccccc87)c65)c3n4-c3ccccc3)n2)cc1. The van der Waals surface area contributed by atoms with Crippen molar-refractivity contribution in [1.82, 2.24) is 24.1 Å². The number of fused-ring (bicyclic) bond motifs is 10. The lowest BCUT2D eigenvalue weighted by molar-refractivity contribution is 1.08. The van der Waals surface area contributed by atoms with Crippen LogP contribution in [0.2, 0.25) is 0 Å². The predicted octanol–water partition coefficient (Wildman–Crippen LogP) is 13.4. The molecule has 6 heteroatoms. The number of nitrogens with zero attached hydrogens (tertiary/aromatic N) is 5. The molecule has 0 atom stereocenters. The molecule has 0 saturated carbocycles. The van der Waals surface area contributed by atoms with E-state index in [1.54, 1.807) is 0 Å². The largest absolute Gasteiger partial charge is 0.309 e. The Labute approximate surface area is 331 Å². The van der Waals surface area contributed by atoms with E-state index in [4.69, 9.17) is 15.0 Å². The molecule has 0 N–H and O–H groups in total.